The van der Waals surface area contributed by atoms with Crippen LogP contribution < -0.4 is 0 Å². The van der Waals surface area contributed by atoms with Crippen molar-refractivity contribution in [2.24, 2.45) is 11.8 Å². The van der Waals surface area contributed by atoms with Gasteiger partial charge in [-0.05, 0) is 68.5 Å². The number of hydrogen-bond acceptors (Lipinski definition) is 2. The van der Waals surface area contributed by atoms with Crippen molar-refractivity contribution in [2.45, 2.75) is 62.8 Å². The molecule has 1 aliphatic heterocycles. The third-order valence-corrected chi connectivity index (χ3v) is 7.12. The van der Waals surface area contributed by atoms with Gasteiger partial charge in [0.25, 0.3) is 0 Å². The smallest absolute Gasteiger partial charge is 0.119 e. The number of piperidine rings is 1. The first-order valence-corrected chi connectivity index (χ1v) is 9.33. The van der Waals surface area contributed by atoms with E-state index in [0.29, 0.717) is 11.2 Å². The average molecular weight is 297 g/mol. The van der Waals surface area contributed by atoms with E-state index in [1.165, 1.54) is 75.6 Å². The molecule has 0 amide bonds. The fraction of sp³-hybridized carbons (Fsp3) is 0.700. The SMILES string of the molecule is Oc1cccc2c1[C@@]13CCCC[C@H]1[C@@H](C2)N(CC1CC1)CC3. The maximum atomic E-state index is 10.6. The van der Waals surface area contributed by atoms with E-state index in [4.69, 9.17) is 0 Å². The lowest BCUT2D eigenvalue weighted by Gasteiger charge is -2.59. The lowest BCUT2D eigenvalue weighted by molar-refractivity contribution is -0.0145. The highest BCUT2D eigenvalue weighted by Crippen LogP contribution is 2.58. The monoisotopic (exact) mass is 297 g/mol. The Bertz CT molecular complexity index is 593. The first-order chi connectivity index (χ1) is 10.8. The Morgan fingerprint density at radius 3 is 2.91 bits per heavy atom. The lowest BCUT2D eigenvalue weighted by atomic mass is 9.52. The molecule has 2 saturated carbocycles. The second-order valence-corrected chi connectivity index (χ2v) is 8.28. The van der Waals surface area contributed by atoms with Crippen LogP contribution in [0.25, 0.3) is 0 Å². The quantitative estimate of drug-likeness (QED) is 0.896. The Morgan fingerprint density at radius 2 is 2.05 bits per heavy atom. The zero-order valence-electron chi connectivity index (χ0n) is 13.4. The average Bonchev–Trinajstić information content (AvgIpc) is 3.34. The van der Waals surface area contributed by atoms with E-state index in [1.54, 1.807) is 0 Å². The van der Waals surface area contributed by atoms with Crippen molar-refractivity contribution in [3.8, 4) is 5.75 Å². The van der Waals surface area contributed by atoms with E-state index in [2.05, 4.69) is 17.0 Å². The third kappa shape index (κ3) is 1.83. The standard InChI is InChI=1S/C20H27NO/c22-18-6-3-4-15-12-17-16-5-1-2-9-20(16,19(15)18)10-11-21(17)13-14-7-8-14/h3-4,6,14,16-17,22H,1-2,5,7-13H2/t16-,17+,20+/m0/s1. The Balaban J connectivity index is 1.60. The molecule has 118 valence electrons. The number of aromatic hydroxyl groups is 1. The first kappa shape index (κ1) is 13.4. The molecule has 1 saturated heterocycles. The summed E-state index contributed by atoms with van der Waals surface area (Å²) in [7, 11) is 0. The van der Waals surface area contributed by atoms with E-state index < -0.39 is 0 Å². The molecule has 2 nitrogen and oxygen atoms in total. The van der Waals surface area contributed by atoms with Crippen LogP contribution in [0, 0.1) is 11.8 Å². The van der Waals surface area contributed by atoms with Gasteiger partial charge in [-0.1, -0.05) is 25.0 Å². The number of phenols is 1. The molecule has 1 aromatic carbocycles. The number of benzene rings is 1. The second-order valence-electron chi connectivity index (χ2n) is 8.28. The molecule has 4 aliphatic rings. The van der Waals surface area contributed by atoms with Gasteiger partial charge in [0.15, 0.2) is 0 Å². The van der Waals surface area contributed by atoms with E-state index in [1.807, 2.05) is 6.07 Å². The van der Waals surface area contributed by atoms with Gasteiger partial charge in [0.1, 0.15) is 5.75 Å². The predicted octanol–water partition coefficient (Wildman–Crippen LogP) is 3.86. The molecule has 0 unspecified atom stereocenters. The number of rotatable bonds is 2. The third-order valence-electron chi connectivity index (χ3n) is 7.12. The van der Waals surface area contributed by atoms with Gasteiger partial charge in [-0.15, -0.1) is 0 Å². The van der Waals surface area contributed by atoms with Crippen molar-refractivity contribution in [1.29, 1.82) is 0 Å². The molecule has 5 rings (SSSR count). The highest BCUT2D eigenvalue weighted by atomic mass is 16.3. The van der Waals surface area contributed by atoms with Gasteiger partial charge in [0.05, 0.1) is 0 Å². The van der Waals surface area contributed by atoms with E-state index in [-0.39, 0.29) is 0 Å². The highest BCUT2D eigenvalue weighted by molar-refractivity contribution is 5.49. The van der Waals surface area contributed by atoms with Gasteiger partial charge >= 0.3 is 0 Å². The number of likely N-dealkylation sites (tertiary alicyclic amines) is 1. The highest BCUT2D eigenvalue weighted by Gasteiger charge is 2.55. The van der Waals surface area contributed by atoms with Crippen molar-refractivity contribution in [2.75, 3.05) is 13.1 Å². The summed E-state index contributed by atoms with van der Waals surface area (Å²) in [5, 5.41) is 10.6. The van der Waals surface area contributed by atoms with Crippen LogP contribution in [0.1, 0.15) is 56.1 Å². The molecule has 1 heterocycles. The van der Waals surface area contributed by atoms with Gasteiger partial charge in [-0.2, -0.15) is 0 Å². The Labute approximate surface area is 133 Å². The van der Waals surface area contributed by atoms with Crippen molar-refractivity contribution in [1.82, 2.24) is 4.90 Å². The fourth-order valence-corrected chi connectivity index (χ4v) is 6.02. The summed E-state index contributed by atoms with van der Waals surface area (Å²) >= 11 is 0. The summed E-state index contributed by atoms with van der Waals surface area (Å²) in [6.07, 6.45) is 10.8. The number of fused-ring (bicyclic) bond motifs is 1. The topological polar surface area (TPSA) is 23.5 Å². The molecule has 2 heteroatoms. The molecule has 3 atom stereocenters. The van der Waals surface area contributed by atoms with Gasteiger partial charge in [-0.3, -0.25) is 4.90 Å². The summed E-state index contributed by atoms with van der Waals surface area (Å²) in [6.45, 7) is 2.59. The van der Waals surface area contributed by atoms with Crippen LogP contribution in [0.2, 0.25) is 0 Å². The summed E-state index contributed by atoms with van der Waals surface area (Å²) in [5.41, 5.74) is 3.09. The van der Waals surface area contributed by atoms with Crippen molar-refractivity contribution in [3.63, 3.8) is 0 Å². The number of nitrogens with zero attached hydrogens (tertiary/aromatic N) is 1. The fourth-order valence-electron chi connectivity index (χ4n) is 6.02. The molecular formula is C20H27NO. The van der Waals surface area contributed by atoms with Gasteiger partial charge in [-0.25, -0.2) is 0 Å². The minimum absolute atomic E-state index is 0.294. The van der Waals surface area contributed by atoms with E-state index >= 15 is 0 Å². The minimum Gasteiger partial charge on any atom is -0.508 e. The summed E-state index contributed by atoms with van der Waals surface area (Å²) in [6, 6.07) is 7.00. The molecule has 22 heavy (non-hydrogen) atoms. The number of hydrogen-bond donors (Lipinski definition) is 1. The van der Waals surface area contributed by atoms with E-state index in [9.17, 15) is 5.11 Å². The summed E-state index contributed by atoms with van der Waals surface area (Å²) in [4.78, 5) is 2.83. The maximum Gasteiger partial charge on any atom is 0.119 e. The Kier molecular flexibility index (Phi) is 2.89. The van der Waals surface area contributed by atoms with E-state index in [0.717, 1.165) is 17.9 Å². The van der Waals surface area contributed by atoms with Crippen molar-refractivity contribution in [3.05, 3.63) is 29.3 Å². The molecule has 1 N–H and O–H groups in total. The van der Waals surface area contributed by atoms with Gasteiger partial charge < -0.3 is 5.11 Å². The molecule has 0 spiro atoms. The zero-order chi connectivity index (χ0) is 14.7. The largest absolute Gasteiger partial charge is 0.508 e. The lowest BCUT2D eigenvalue weighted by Crippen LogP contribution is -2.61. The minimum atomic E-state index is 0.294. The summed E-state index contributed by atoms with van der Waals surface area (Å²) < 4.78 is 0. The first-order valence-electron chi connectivity index (χ1n) is 9.33. The normalized spacial score (nSPS) is 37.5. The Hall–Kier alpha value is -1.02. The van der Waals surface area contributed by atoms with Crippen LogP contribution in [0.4, 0.5) is 0 Å². The predicted molar refractivity (Wildman–Crippen MR) is 88.1 cm³/mol. The van der Waals surface area contributed by atoms with Crippen LogP contribution >= 0.6 is 0 Å². The van der Waals surface area contributed by atoms with Crippen LogP contribution in [0.3, 0.4) is 0 Å². The molecule has 0 aromatic heterocycles. The zero-order valence-corrected chi connectivity index (χ0v) is 13.4. The van der Waals surface area contributed by atoms with Crippen LogP contribution in [0.15, 0.2) is 18.2 Å². The molecule has 0 radical (unpaired) electrons. The maximum absolute atomic E-state index is 10.6. The molecular weight excluding hydrogens is 270 g/mol. The molecule has 1 aromatic rings. The summed E-state index contributed by atoms with van der Waals surface area (Å²) in [5.74, 6) is 2.36. The van der Waals surface area contributed by atoms with Crippen LogP contribution in [0.5, 0.6) is 5.75 Å². The number of phenolic OH excluding ortho intramolecular Hbond substituents is 1. The molecule has 3 aliphatic carbocycles. The second kappa shape index (κ2) is 4.74. The van der Waals surface area contributed by atoms with Gasteiger partial charge in [0.2, 0.25) is 0 Å². The van der Waals surface area contributed by atoms with Gasteiger partial charge in [0, 0.05) is 23.6 Å². The van der Waals surface area contributed by atoms with Crippen molar-refractivity contribution < 1.29 is 5.11 Å². The Morgan fingerprint density at radius 1 is 1.14 bits per heavy atom. The molecule has 2 bridgehead atoms. The van der Waals surface area contributed by atoms with Crippen molar-refractivity contribution >= 4 is 0 Å². The van der Waals surface area contributed by atoms with Crippen LogP contribution in [-0.4, -0.2) is 29.1 Å². The molecule has 3 fully saturated rings. The van der Waals surface area contributed by atoms with Crippen LogP contribution in [-0.2, 0) is 11.8 Å².